The monoisotopic (exact) mass is 277 g/mol. The van der Waals surface area contributed by atoms with Crippen molar-refractivity contribution in [1.29, 1.82) is 5.26 Å². The molecule has 0 bridgehead atoms. The second-order valence-electron chi connectivity index (χ2n) is 4.57. The van der Waals surface area contributed by atoms with Crippen molar-refractivity contribution in [3.05, 3.63) is 28.8 Å². The van der Waals surface area contributed by atoms with Crippen molar-refractivity contribution in [2.45, 2.75) is 19.3 Å². The molecule has 2 rings (SSSR count). The number of hydrogen-bond donors (Lipinski definition) is 1. The molecule has 0 spiro atoms. The molecule has 100 valence electrons. The highest BCUT2D eigenvalue weighted by Crippen LogP contribution is 2.19. The summed E-state index contributed by atoms with van der Waals surface area (Å²) < 4.78 is 0. The first kappa shape index (κ1) is 13.7. The van der Waals surface area contributed by atoms with E-state index in [4.69, 9.17) is 16.9 Å². The Morgan fingerprint density at radius 1 is 1.42 bits per heavy atom. The molecule has 0 aliphatic carbocycles. The van der Waals surface area contributed by atoms with Crippen LogP contribution in [0.15, 0.2) is 18.2 Å². The third-order valence-electron chi connectivity index (χ3n) is 3.22. The molecule has 19 heavy (non-hydrogen) atoms. The summed E-state index contributed by atoms with van der Waals surface area (Å²) >= 11 is 5.83. The highest BCUT2D eigenvalue weighted by molar-refractivity contribution is 6.30. The van der Waals surface area contributed by atoms with Crippen LogP contribution in [0, 0.1) is 11.3 Å². The van der Waals surface area contributed by atoms with Gasteiger partial charge in [-0.3, -0.25) is 4.79 Å². The van der Waals surface area contributed by atoms with Gasteiger partial charge in [0.15, 0.2) is 0 Å². The standard InChI is InChI=1S/C14H16ClN3O/c15-12-3-4-13(11(9-12)10-16)17-6-5-14(19)18-7-1-2-8-18/h3-4,9,17H,1-2,5-8H2. The van der Waals surface area contributed by atoms with E-state index >= 15 is 0 Å². The third kappa shape index (κ3) is 3.62. The lowest BCUT2D eigenvalue weighted by atomic mass is 10.2. The molecule has 1 heterocycles. The molecule has 1 aliphatic rings. The molecule has 5 heteroatoms. The van der Waals surface area contributed by atoms with Gasteiger partial charge in [0.25, 0.3) is 0 Å². The lowest BCUT2D eigenvalue weighted by molar-refractivity contribution is -0.129. The van der Waals surface area contributed by atoms with Crippen LogP contribution in [-0.2, 0) is 4.79 Å². The fourth-order valence-electron chi connectivity index (χ4n) is 2.19. The minimum Gasteiger partial charge on any atom is -0.383 e. The van der Waals surface area contributed by atoms with E-state index < -0.39 is 0 Å². The zero-order chi connectivity index (χ0) is 13.7. The second kappa shape index (κ2) is 6.44. The van der Waals surface area contributed by atoms with Gasteiger partial charge < -0.3 is 10.2 Å². The van der Waals surface area contributed by atoms with Gasteiger partial charge in [0.05, 0.1) is 11.3 Å². The number of nitrogens with zero attached hydrogens (tertiary/aromatic N) is 2. The van der Waals surface area contributed by atoms with Gasteiger partial charge in [-0.15, -0.1) is 0 Å². The highest BCUT2D eigenvalue weighted by atomic mass is 35.5. The van der Waals surface area contributed by atoms with Gasteiger partial charge in [0.1, 0.15) is 6.07 Å². The first-order valence-corrected chi connectivity index (χ1v) is 6.80. The molecule has 1 aromatic carbocycles. The van der Waals surface area contributed by atoms with Crippen molar-refractivity contribution in [3.8, 4) is 6.07 Å². The number of halogens is 1. The van der Waals surface area contributed by atoms with E-state index in [0.29, 0.717) is 23.6 Å². The molecule has 1 N–H and O–H groups in total. The summed E-state index contributed by atoms with van der Waals surface area (Å²) in [6.45, 7) is 2.29. The van der Waals surface area contributed by atoms with Gasteiger partial charge in [-0.05, 0) is 31.0 Å². The van der Waals surface area contributed by atoms with Crippen LogP contribution in [0.2, 0.25) is 5.02 Å². The molecular formula is C14H16ClN3O. The highest BCUT2D eigenvalue weighted by Gasteiger charge is 2.17. The van der Waals surface area contributed by atoms with Crippen molar-refractivity contribution in [2.75, 3.05) is 25.0 Å². The predicted molar refractivity (Wildman–Crippen MR) is 75.1 cm³/mol. The van der Waals surface area contributed by atoms with E-state index in [1.807, 2.05) is 4.90 Å². The zero-order valence-electron chi connectivity index (χ0n) is 10.7. The summed E-state index contributed by atoms with van der Waals surface area (Å²) in [5.74, 6) is 0.178. The van der Waals surface area contributed by atoms with Gasteiger partial charge in [-0.25, -0.2) is 0 Å². The van der Waals surface area contributed by atoms with E-state index in [9.17, 15) is 4.79 Å². The number of nitriles is 1. The molecule has 1 aliphatic heterocycles. The average Bonchev–Trinajstić information content (AvgIpc) is 2.94. The van der Waals surface area contributed by atoms with Gasteiger partial charge >= 0.3 is 0 Å². The number of benzene rings is 1. The van der Waals surface area contributed by atoms with Gasteiger partial charge in [0, 0.05) is 31.1 Å². The Kier molecular flexibility index (Phi) is 4.64. The lowest BCUT2D eigenvalue weighted by Gasteiger charge is -2.15. The Bertz CT molecular complexity index is 504. The predicted octanol–water partition coefficient (Wildman–Crippen LogP) is 2.64. The van der Waals surface area contributed by atoms with Crippen molar-refractivity contribution in [2.24, 2.45) is 0 Å². The summed E-state index contributed by atoms with van der Waals surface area (Å²) in [6.07, 6.45) is 2.66. The number of nitrogens with one attached hydrogen (secondary N) is 1. The number of hydrogen-bond acceptors (Lipinski definition) is 3. The first-order valence-electron chi connectivity index (χ1n) is 6.42. The van der Waals surface area contributed by atoms with E-state index in [1.54, 1.807) is 18.2 Å². The Morgan fingerprint density at radius 3 is 2.84 bits per heavy atom. The number of carbonyl (C=O) groups excluding carboxylic acids is 1. The van der Waals surface area contributed by atoms with E-state index in [2.05, 4.69) is 11.4 Å². The Balaban J connectivity index is 1.85. The smallest absolute Gasteiger partial charge is 0.224 e. The van der Waals surface area contributed by atoms with Crippen LogP contribution in [0.1, 0.15) is 24.8 Å². The van der Waals surface area contributed by atoms with Crippen LogP contribution >= 0.6 is 11.6 Å². The maximum Gasteiger partial charge on any atom is 0.224 e. The van der Waals surface area contributed by atoms with E-state index in [1.165, 1.54) is 0 Å². The summed E-state index contributed by atoms with van der Waals surface area (Å²) in [6, 6.07) is 7.20. The minimum atomic E-state index is 0.178. The topological polar surface area (TPSA) is 56.1 Å². The van der Waals surface area contributed by atoms with E-state index in [0.717, 1.165) is 31.6 Å². The molecule has 4 nitrogen and oxygen atoms in total. The Morgan fingerprint density at radius 2 is 2.16 bits per heavy atom. The molecule has 0 saturated carbocycles. The van der Waals surface area contributed by atoms with Crippen molar-refractivity contribution in [3.63, 3.8) is 0 Å². The molecule has 1 amide bonds. The number of carbonyl (C=O) groups is 1. The van der Waals surface area contributed by atoms with Crippen molar-refractivity contribution < 1.29 is 4.79 Å². The Labute approximate surface area is 118 Å². The molecule has 0 aromatic heterocycles. The van der Waals surface area contributed by atoms with Gasteiger partial charge in [-0.1, -0.05) is 11.6 Å². The Hall–Kier alpha value is -1.73. The van der Waals surface area contributed by atoms with Crippen molar-refractivity contribution in [1.82, 2.24) is 4.90 Å². The summed E-state index contributed by atoms with van der Waals surface area (Å²) in [4.78, 5) is 13.7. The normalized spacial score (nSPS) is 14.2. The fraction of sp³-hybridized carbons (Fsp3) is 0.429. The average molecular weight is 278 g/mol. The van der Waals surface area contributed by atoms with E-state index in [-0.39, 0.29) is 5.91 Å². The van der Waals surface area contributed by atoms with Crippen molar-refractivity contribution >= 4 is 23.2 Å². The van der Waals surface area contributed by atoms with Gasteiger partial charge in [-0.2, -0.15) is 5.26 Å². The zero-order valence-corrected chi connectivity index (χ0v) is 11.4. The summed E-state index contributed by atoms with van der Waals surface area (Å²) in [5.41, 5.74) is 1.22. The summed E-state index contributed by atoms with van der Waals surface area (Å²) in [7, 11) is 0. The van der Waals surface area contributed by atoms with Crippen LogP contribution in [0.3, 0.4) is 0 Å². The maximum absolute atomic E-state index is 11.8. The number of likely N-dealkylation sites (tertiary alicyclic amines) is 1. The largest absolute Gasteiger partial charge is 0.383 e. The molecule has 1 fully saturated rings. The SMILES string of the molecule is N#Cc1cc(Cl)ccc1NCCC(=O)N1CCCC1. The lowest BCUT2D eigenvalue weighted by Crippen LogP contribution is -2.29. The second-order valence-corrected chi connectivity index (χ2v) is 5.00. The van der Waals surface area contributed by atoms with Crippen LogP contribution in [0.5, 0.6) is 0 Å². The fourth-order valence-corrected chi connectivity index (χ4v) is 2.36. The van der Waals surface area contributed by atoms with Crippen LogP contribution in [-0.4, -0.2) is 30.4 Å². The molecule has 0 radical (unpaired) electrons. The van der Waals surface area contributed by atoms with Crippen LogP contribution in [0.25, 0.3) is 0 Å². The quantitative estimate of drug-likeness (QED) is 0.920. The molecule has 1 saturated heterocycles. The van der Waals surface area contributed by atoms with Gasteiger partial charge in [0.2, 0.25) is 5.91 Å². The maximum atomic E-state index is 11.8. The van der Waals surface area contributed by atoms with Crippen LogP contribution in [0.4, 0.5) is 5.69 Å². The van der Waals surface area contributed by atoms with Crippen LogP contribution < -0.4 is 5.32 Å². The minimum absolute atomic E-state index is 0.178. The molecule has 0 unspecified atom stereocenters. The third-order valence-corrected chi connectivity index (χ3v) is 3.45. The number of rotatable bonds is 4. The molecule has 1 aromatic rings. The molecule has 0 atom stereocenters. The number of anilines is 1. The summed E-state index contributed by atoms with van der Waals surface area (Å²) in [5, 5.41) is 12.7. The first-order chi connectivity index (χ1) is 9.20. The number of amides is 1. The molecular weight excluding hydrogens is 262 g/mol.